The summed E-state index contributed by atoms with van der Waals surface area (Å²) in [4.78, 5) is 16.5. The molecule has 5 heteroatoms. The summed E-state index contributed by atoms with van der Waals surface area (Å²) in [5.41, 5.74) is 0.0597. The van der Waals surface area contributed by atoms with Crippen LogP contribution in [0, 0.1) is 5.82 Å². The third-order valence-corrected chi connectivity index (χ3v) is 4.02. The van der Waals surface area contributed by atoms with Crippen molar-refractivity contribution < 1.29 is 14.3 Å². The molecule has 1 saturated heterocycles. The maximum Gasteiger partial charge on any atom is 0.180 e. The summed E-state index contributed by atoms with van der Waals surface area (Å²) in [5.74, 6) is -0.919. The Morgan fingerprint density at radius 1 is 1.40 bits per heavy atom. The Morgan fingerprint density at radius 3 is 2.75 bits per heavy atom. The van der Waals surface area contributed by atoms with E-state index in [1.165, 1.54) is 6.07 Å². The van der Waals surface area contributed by atoms with Crippen LogP contribution in [0.25, 0.3) is 0 Å². The molecule has 1 aromatic rings. The van der Waals surface area contributed by atoms with Gasteiger partial charge in [0.05, 0.1) is 12.1 Å². The fourth-order valence-electron chi connectivity index (χ4n) is 2.50. The van der Waals surface area contributed by atoms with Crippen molar-refractivity contribution in [1.82, 2.24) is 9.80 Å². The molecule has 1 heterocycles. The Bertz CT molecular complexity index is 517. The van der Waals surface area contributed by atoms with E-state index in [1.807, 2.05) is 4.90 Å². The fourth-order valence-corrected chi connectivity index (χ4v) is 2.50. The predicted octanol–water partition coefficient (Wildman–Crippen LogP) is 1.74. The number of hydrogen-bond donors (Lipinski definition) is 1. The zero-order valence-corrected chi connectivity index (χ0v) is 12.2. The highest BCUT2D eigenvalue weighted by molar-refractivity contribution is 6.00. The highest BCUT2D eigenvalue weighted by atomic mass is 19.1. The number of piperazine rings is 1. The van der Waals surface area contributed by atoms with Gasteiger partial charge in [0.2, 0.25) is 0 Å². The molecule has 1 fully saturated rings. The van der Waals surface area contributed by atoms with Crippen LogP contribution in [0.1, 0.15) is 24.2 Å². The average molecular weight is 280 g/mol. The van der Waals surface area contributed by atoms with Crippen LogP contribution in [-0.4, -0.2) is 59.5 Å². The molecule has 110 valence electrons. The van der Waals surface area contributed by atoms with Crippen molar-refractivity contribution in [3.05, 3.63) is 29.6 Å². The number of halogens is 1. The molecule has 0 saturated carbocycles. The molecule has 0 aromatic heterocycles. The molecule has 0 bridgehead atoms. The van der Waals surface area contributed by atoms with Crippen molar-refractivity contribution in [2.75, 3.05) is 33.2 Å². The summed E-state index contributed by atoms with van der Waals surface area (Å²) in [6.45, 7) is 6.91. The molecular formula is C15H21FN2O2. The number of phenolic OH excluding ortho intramolecular Hbond substituents is 1. The Balaban J connectivity index is 2.07. The zero-order valence-electron chi connectivity index (χ0n) is 12.2. The monoisotopic (exact) mass is 280 g/mol. The Hall–Kier alpha value is -1.46. The molecular weight excluding hydrogens is 259 g/mol. The van der Waals surface area contributed by atoms with Gasteiger partial charge < -0.3 is 5.11 Å². The van der Waals surface area contributed by atoms with Gasteiger partial charge in [-0.25, -0.2) is 4.39 Å². The van der Waals surface area contributed by atoms with Crippen molar-refractivity contribution >= 4 is 5.78 Å². The minimum atomic E-state index is -0.509. The van der Waals surface area contributed by atoms with E-state index in [2.05, 4.69) is 25.8 Å². The van der Waals surface area contributed by atoms with Crippen LogP contribution in [0.15, 0.2) is 18.2 Å². The summed E-state index contributed by atoms with van der Waals surface area (Å²) in [5, 5.41) is 9.67. The molecule has 0 amide bonds. The predicted molar refractivity (Wildman–Crippen MR) is 75.5 cm³/mol. The Labute approximate surface area is 118 Å². The zero-order chi connectivity index (χ0) is 14.9. The maximum absolute atomic E-state index is 13.2. The van der Waals surface area contributed by atoms with Crippen LogP contribution in [-0.2, 0) is 0 Å². The maximum atomic E-state index is 13.2. The van der Waals surface area contributed by atoms with Crippen molar-refractivity contribution in [2.24, 2.45) is 0 Å². The molecule has 4 nitrogen and oxygen atoms in total. The topological polar surface area (TPSA) is 43.8 Å². The van der Waals surface area contributed by atoms with Gasteiger partial charge in [-0.05, 0) is 39.1 Å². The first-order valence-electron chi connectivity index (χ1n) is 6.75. The third-order valence-electron chi connectivity index (χ3n) is 4.02. The number of carbonyl (C=O) groups is 1. The second-order valence-corrected chi connectivity index (χ2v) is 6.03. The molecule has 1 N–H and O–H groups in total. The number of likely N-dealkylation sites (N-methyl/N-ethyl adjacent to an activating group) is 1. The minimum Gasteiger partial charge on any atom is -0.507 e. The number of nitrogens with zero attached hydrogens (tertiary/aromatic N) is 2. The van der Waals surface area contributed by atoms with Crippen LogP contribution in [0.2, 0.25) is 0 Å². The van der Waals surface area contributed by atoms with Gasteiger partial charge in [0.1, 0.15) is 11.6 Å². The highest BCUT2D eigenvalue weighted by Crippen LogP contribution is 2.22. The summed E-state index contributed by atoms with van der Waals surface area (Å²) in [7, 11) is 2.07. The first kappa shape index (κ1) is 14.9. The highest BCUT2D eigenvalue weighted by Gasteiger charge is 2.32. The molecule has 0 spiro atoms. The third kappa shape index (κ3) is 3.16. The molecule has 0 unspecified atom stereocenters. The van der Waals surface area contributed by atoms with Crippen LogP contribution in [0.4, 0.5) is 4.39 Å². The lowest BCUT2D eigenvalue weighted by Crippen LogP contribution is -2.58. The van der Waals surface area contributed by atoms with Crippen LogP contribution in [0.3, 0.4) is 0 Å². The second kappa shape index (κ2) is 5.50. The molecule has 0 aliphatic carbocycles. The molecule has 0 atom stereocenters. The van der Waals surface area contributed by atoms with E-state index in [0.29, 0.717) is 0 Å². The van der Waals surface area contributed by atoms with Crippen molar-refractivity contribution in [3.63, 3.8) is 0 Å². The SMILES string of the molecule is CN1CCN(CC(=O)c2cc(F)ccc2O)CC1(C)C. The molecule has 1 aliphatic rings. The molecule has 1 aromatic carbocycles. The van der Waals surface area contributed by atoms with E-state index in [0.717, 1.165) is 31.8 Å². The fraction of sp³-hybridized carbons (Fsp3) is 0.533. The molecule has 1 aliphatic heterocycles. The van der Waals surface area contributed by atoms with Gasteiger partial charge in [-0.15, -0.1) is 0 Å². The summed E-state index contributed by atoms with van der Waals surface area (Å²) in [6.07, 6.45) is 0. The van der Waals surface area contributed by atoms with Crippen molar-refractivity contribution in [3.8, 4) is 5.75 Å². The van der Waals surface area contributed by atoms with Gasteiger partial charge >= 0.3 is 0 Å². The minimum absolute atomic E-state index is 0.00249. The quantitative estimate of drug-likeness (QED) is 0.857. The van der Waals surface area contributed by atoms with E-state index in [1.54, 1.807) is 0 Å². The number of aromatic hydroxyl groups is 1. The Kier molecular flexibility index (Phi) is 4.11. The summed E-state index contributed by atoms with van der Waals surface area (Å²) < 4.78 is 13.2. The number of ketones is 1. The van der Waals surface area contributed by atoms with E-state index < -0.39 is 5.82 Å². The van der Waals surface area contributed by atoms with E-state index in [-0.39, 0.29) is 29.2 Å². The van der Waals surface area contributed by atoms with E-state index >= 15 is 0 Å². The van der Waals surface area contributed by atoms with Gasteiger partial charge in [0, 0.05) is 25.2 Å². The summed E-state index contributed by atoms with van der Waals surface area (Å²) in [6, 6.07) is 3.46. The van der Waals surface area contributed by atoms with E-state index in [9.17, 15) is 14.3 Å². The summed E-state index contributed by atoms with van der Waals surface area (Å²) >= 11 is 0. The number of phenols is 1. The van der Waals surface area contributed by atoms with Crippen LogP contribution < -0.4 is 0 Å². The number of carbonyl (C=O) groups excluding carboxylic acids is 1. The first-order valence-corrected chi connectivity index (χ1v) is 6.75. The number of Topliss-reactive ketones (excluding diaryl/α,β-unsaturated/α-hetero) is 1. The lowest BCUT2D eigenvalue weighted by Gasteiger charge is -2.45. The lowest BCUT2D eigenvalue weighted by atomic mass is 9.99. The van der Waals surface area contributed by atoms with Gasteiger partial charge in [-0.3, -0.25) is 14.6 Å². The lowest BCUT2D eigenvalue weighted by molar-refractivity contribution is 0.0389. The standard InChI is InChI=1S/C15H21FN2O2/c1-15(2)10-18(7-6-17(15)3)9-14(20)12-8-11(16)4-5-13(12)19/h4-5,8,19H,6-7,9-10H2,1-3H3. The molecule has 20 heavy (non-hydrogen) atoms. The van der Waals surface area contributed by atoms with Crippen LogP contribution >= 0.6 is 0 Å². The van der Waals surface area contributed by atoms with E-state index in [4.69, 9.17) is 0 Å². The van der Waals surface area contributed by atoms with Gasteiger partial charge in [-0.1, -0.05) is 0 Å². The average Bonchev–Trinajstić information content (AvgIpc) is 2.36. The number of benzene rings is 1. The normalized spacial score (nSPS) is 20.0. The number of rotatable bonds is 3. The first-order chi connectivity index (χ1) is 9.29. The molecule has 2 rings (SSSR count). The Morgan fingerprint density at radius 2 is 2.10 bits per heavy atom. The van der Waals surface area contributed by atoms with Gasteiger partial charge in [0.25, 0.3) is 0 Å². The number of hydrogen-bond acceptors (Lipinski definition) is 4. The second-order valence-electron chi connectivity index (χ2n) is 6.03. The van der Waals surface area contributed by atoms with Gasteiger partial charge in [-0.2, -0.15) is 0 Å². The van der Waals surface area contributed by atoms with Crippen molar-refractivity contribution in [2.45, 2.75) is 19.4 Å². The van der Waals surface area contributed by atoms with Gasteiger partial charge in [0.15, 0.2) is 5.78 Å². The van der Waals surface area contributed by atoms with Crippen LogP contribution in [0.5, 0.6) is 5.75 Å². The molecule has 0 radical (unpaired) electrons. The largest absolute Gasteiger partial charge is 0.507 e. The smallest absolute Gasteiger partial charge is 0.180 e. The van der Waals surface area contributed by atoms with Crippen molar-refractivity contribution in [1.29, 1.82) is 0 Å².